The summed E-state index contributed by atoms with van der Waals surface area (Å²) in [7, 11) is 0. The van der Waals surface area contributed by atoms with Gasteiger partial charge in [0.15, 0.2) is 0 Å². The molecule has 12 heavy (non-hydrogen) atoms. The quantitative estimate of drug-likeness (QED) is 0.577. The van der Waals surface area contributed by atoms with Gasteiger partial charge in [0.2, 0.25) is 0 Å². The molecule has 0 saturated carbocycles. The Balaban J connectivity index is 2.36. The first-order valence-electron chi connectivity index (χ1n) is 5.12. The first-order chi connectivity index (χ1) is 5.67. The lowest BCUT2D eigenvalue weighted by molar-refractivity contribution is 0.377. The molecule has 1 fully saturated rings. The molecule has 1 nitrogen and oxygen atoms in total. The molecule has 0 aromatic rings. The van der Waals surface area contributed by atoms with Crippen LogP contribution < -0.4 is 0 Å². The van der Waals surface area contributed by atoms with Crippen molar-refractivity contribution >= 4 is 0 Å². The van der Waals surface area contributed by atoms with E-state index in [0.717, 1.165) is 0 Å². The van der Waals surface area contributed by atoms with Gasteiger partial charge >= 0.3 is 0 Å². The molecule has 2 rings (SSSR count). The largest absolute Gasteiger partial charge is 0.374 e. The van der Waals surface area contributed by atoms with Gasteiger partial charge in [0.05, 0.1) is 0 Å². The highest BCUT2D eigenvalue weighted by Gasteiger charge is 2.40. The van der Waals surface area contributed by atoms with Gasteiger partial charge in [-0.25, -0.2) is 0 Å². The summed E-state index contributed by atoms with van der Waals surface area (Å²) in [6, 6.07) is 0. The summed E-state index contributed by atoms with van der Waals surface area (Å²) >= 11 is 0. The summed E-state index contributed by atoms with van der Waals surface area (Å²) in [5.74, 6) is 0. The molecule has 68 valence electrons. The Morgan fingerprint density at radius 2 is 2.17 bits per heavy atom. The van der Waals surface area contributed by atoms with Crippen LogP contribution in [0.25, 0.3) is 0 Å². The van der Waals surface area contributed by atoms with Crippen molar-refractivity contribution in [1.82, 2.24) is 4.90 Å². The highest BCUT2D eigenvalue weighted by Crippen LogP contribution is 2.47. The van der Waals surface area contributed by atoms with Crippen LogP contribution in [-0.2, 0) is 0 Å². The molecule has 1 unspecified atom stereocenters. The number of nitrogens with zero attached hydrogens (tertiary/aromatic N) is 1. The standard InChI is InChI=1S/C11H19N/c1-4-11(3)6-8-12-7-5-9(2)10(11)12/h4-8H2,1-3H3. The van der Waals surface area contributed by atoms with Crippen molar-refractivity contribution < 1.29 is 0 Å². The molecule has 0 N–H and O–H groups in total. The minimum Gasteiger partial charge on any atom is -0.374 e. The molecule has 2 aliphatic heterocycles. The lowest BCUT2D eigenvalue weighted by Crippen LogP contribution is -2.18. The van der Waals surface area contributed by atoms with E-state index in [1.165, 1.54) is 32.4 Å². The van der Waals surface area contributed by atoms with E-state index in [1.54, 1.807) is 11.3 Å². The van der Waals surface area contributed by atoms with Crippen LogP contribution in [0.5, 0.6) is 0 Å². The first-order valence-corrected chi connectivity index (χ1v) is 5.12. The maximum Gasteiger partial charge on any atom is 0.0213 e. The van der Waals surface area contributed by atoms with E-state index >= 15 is 0 Å². The molecule has 1 saturated heterocycles. The van der Waals surface area contributed by atoms with Crippen LogP contribution in [0.15, 0.2) is 11.3 Å². The molecular formula is C11H19N. The smallest absolute Gasteiger partial charge is 0.0213 e. The van der Waals surface area contributed by atoms with E-state index in [2.05, 4.69) is 25.7 Å². The minimum atomic E-state index is 0.514. The Labute approximate surface area is 75.4 Å². The zero-order valence-electron chi connectivity index (χ0n) is 8.48. The fraction of sp³-hybridized carbons (Fsp3) is 0.818. The fourth-order valence-electron chi connectivity index (χ4n) is 2.77. The second kappa shape index (κ2) is 2.51. The minimum absolute atomic E-state index is 0.514. The molecule has 0 bridgehead atoms. The van der Waals surface area contributed by atoms with E-state index in [9.17, 15) is 0 Å². The summed E-state index contributed by atoms with van der Waals surface area (Å²) < 4.78 is 0. The van der Waals surface area contributed by atoms with Crippen LogP contribution in [0, 0.1) is 5.41 Å². The van der Waals surface area contributed by atoms with Gasteiger partial charge < -0.3 is 4.90 Å². The van der Waals surface area contributed by atoms with Crippen molar-refractivity contribution in [2.75, 3.05) is 13.1 Å². The molecule has 1 atom stereocenters. The van der Waals surface area contributed by atoms with Gasteiger partial charge in [0.1, 0.15) is 0 Å². The molecule has 0 aromatic carbocycles. The predicted octanol–water partition coefficient (Wildman–Crippen LogP) is 2.79. The highest BCUT2D eigenvalue weighted by molar-refractivity contribution is 5.27. The van der Waals surface area contributed by atoms with Crippen LogP contribution in [-0.4, -0.2) is 18.0 Å². The van der Waals surface area contributed by atoms with Crippen LogP contribution in [0.3, 0.4) is 0 Å². The van der Waals surface area contributed by atoms with E-state index in [1.807, 2.05) is 0 Å². The molecule has 1 heteroatoms. The maximum atomic E-state index is 2.60. The molecular weight excluding hydrogens is 146 g/mol. The monoisotopic (exact) mass is 165 g/mol. The van der Waals surface area contributed by atoms with Crippen LogP contribution in [0.1, 0.15) is 40.0 Å². The van der Waals surface area contributed by atoms with E-state index in [-0.39, 0.29) is 0 Å². The van der Waals surface area contributed by atoms with Crippen LogP contribution in [0.4, 0.5) is 0 Å². The Morgan fingerprint density at radius 1 is 1.42 bits per heavy atom. The highest BCUT2D eigenvalue weighted by atomic mass is 15.2. The molecule has 0 aliphatic carbocycles. The first kappa shape index (κ1) is 8.15. The lowest BCUT2D eigenvalue weighted by Gasteiger charge is -2.25. The summed E-state index contributed by atoms with van der Waals surface area (Å²) in [5, 5.41) is 0. The van der Waals surface area contributed by atoms with Crippen LogP contribution >= 0.6 is 0 Å². The summed E-state index contributed by atoms with van der Waals surface area (Å²) in [4.78, 5) is 2.60. The summed E-state index contributed by atoms with van der Waals surface area (Å²) in [6.45, 7) is 9.65. The van der Waals surface area contributed by atoms with Gasteiger partial charge in [0.25, 0.3) is 0 Å². The molecule has 2 aliphatic rings. The number of hydrogen-bond donors (Lipinski definition) is 0. The van der Waals surface area contributed by atoms with Gasteiger partial charge in [-0.15, -0.1) is 0 Å². The van der Waals surface area contributed by atoms with Crippen molar-refractivity contribution in [3.05, 3.63) is 11.3 Å². The topological polar surface area (TPSA) is 3.24 Å². The molecule has 0 radical (unpaired) electrons. The van der Waals surface area contributed by atoms with E-state index in [0.29, 0.717) is 5.41 Å². The third kappa shape index (κ3) is 0.917. The van der Waals surface area contributed by atoms with Crippen molar-refractivity contribution in [3.63, 3.8) is 0 Å². The second-order valence-corrected chi connectivity index (χ2v) is 4.53. The van der Waals surface area contributed by atoms with Crippen molar-refractivity contribution in [3.8, 4) is 0 Å². The average Bonchev–Trinajstić information content (AvgIpc) is 2.57. The van der Waals surface area contributed by atoms with Crippen molar-refractivity contribution in [1.29, 1.82) is 0 Å². The zero-order chi connectivity index (χ0) is 8.77. The summed E-state index contributed by atoms with van der Waals surface area (Å²) in [5.41, 5.74) is 3.85. The van der Waals surface area contributed by atoms with E-state index < -0.39 is 0 Å². The Kier molecular flexibility index (Phi) is 1.71. The fourth-order valence-corrected chi connectivity index (χ4v) is 2.77. The normalized spacial score (nSPS) is 34.8. The zero-order valence-corrected chi connectivity index (χ0v) is 8.48. The number of rotatable bonds is 1. The molecule has 0 spiro atoms. The Hall–Kier alpha value is -0.460. The number of fused-ring (bicyclic) bond motifs is 1. The average molecular weight is 165 g/mol. The SMILES string of the molecule is CCC1(C)CCN2CCC(C)=C21. The lowest BCUT2D eigenvalue weighted by atomic mass is 9.82. The van der Waals surface area contributed by atoms with Gasteiger partial charge in [-0.3, -0.25) is 0 Å². The number of allylic oxidation sites excluding steroid dienone is 1. The van der Waals surface area contributed by atoms with Gasteiger partial charge in [-0.05, 0) is 26.2 Å². The molecule has 2 heterocycles. The Bertz CT molecular complexity index is 229. The predicted molar refractivity (Wildman–Crippen MR) is 51.9 cm³/mol. The maximum absolute atomic E-state index is 2.60. The summed E-state index contributed by atoms with van der Waals surface area (Å²) in [6.07, 6.45) is 3.98. The van der Waals surface area contributed by atoms with Gasteiger partial charge in [0, 0.05) is 24.2 Å². The van der Waals surface area contributed by atoms with Crippen molar-refractivity contribution in [2.24, 2.45) is 5.41 Å². The van der Waals surface area contributed by atoms with E-state index in [4.69, 9.17) is 0 Å². The number of hydrogen-bond acceptors (Lipinski definition) is 1. The Morgan fingerprint density at radius 3 is 2.83 bits per heavy atom. The van der Waals surface area contributed by atoms with Crippen molar-refractivity contribution in [2.45, 2.75) is 40.0 Å². The third-order valence-electron chi connectivity index (χ3n) is 3.76. The third-order valence-corrected chi connectivity index (χ3v) is 3.76. The molecule has 0 amide bonds. The molecule has 0 aromatic heterocycles. The second-order valence-electron chi connectivity index (χ2n) is 4.53. The van der Waals surface area contributed by atoms with Gasteiger partial charge in [-0.1, -0.05) is 19.4 Å². The van der Waals surface area contributed by atoms with Crippen LogP contribution in [0.2, 0.25) is 0 Å². The van der Waals surface area contributed by atoms with Gasteiger partial charge in [-0.2, -0.15) is 0 Å².